The molecule has 0 spiro atoms. The Morgan fingerprint density at radius 1 is 0.943 bits per heavy atom. The summed E-state index contributed by atoms with van der Waals surface area (Å²) in [5, 5.41) is 14.2. The maximum Gasteiger partial charge on any atom is 0.269 e. The molecule has 0 bridgehead atoms. The van der Waals surface area contributed by atoms with Gasteiger partial charge in [-0.15, -0.1) is 0 Å². The number of thioether (sulfide) groups is 1. The lowest BCUT2D eigenvalue weighted by Gasteiger charge is -2.19. The van der Waals surface area contributed by atoms with Crippen LogP contribution in [0.4, 0.5) is 11.4 Å². The molecule has 0 aliphatic carbocycles. The molecule has 3 aromatic rings. The maximum absolute atomic E-state index is 13.5. The van der Waals surface area contributed by atoms with E-state index >= 15 is 0 Å². The molecular weight excluding hydrogens is 548 g/mol. The first-order valence-corrected chi connectivity index (χ1v) is 12.6. The Balaban J connectivity index is 1.73. The van der Waals surface area contributed by atoms with Gasteiger partial charge in [-0.1, -0.05) is 58.2 Å². The van der Waals surface area contributed by atoms with Gasteiger partial charge in [-0.25, -0.2) is 0 Å². The number of nitrogens with one attached hydrogen (secondary N) is 1. The summed E-state index contributed by atoms with van der Waals surface area (Å²) in [6, 6.07) is 20.0. The van der Waals surface area contributed by atoms with Crippen molar-refractivity contribution in [2.75, 3.05) is 10.2 Å². The monoisotopic (exact) mass is 561 g/mol. The van der Waals surface area contributed by atoms with Crippen LogP contribution in [0, 0.1) is 11.3 Å². The van der Waals surface area contributed by atoms with Gasteiger partial charge in [-0.05, 0) is 78.7 Å². The van der Waals surface area contributed by atoms with Gasteiger partial charge in [-0.3, -0.25) is 14.5 Å². The Morgan fingerprint density at radius 3 is 2.17 bits per heavy atom. The summed E-state index contributed by atoms with van der Waals surface area (Å²) in [6.07, 6.45) is 0.258. The Labute approximate surface area is 226 Å². The molecule has 0 radical (unpaired) electrons. The van der Waals surface area contributed by atoms with Gasteiger partial charge in [0.25, 0.3) is 5.91 Å². The average molecular weight is 563 g/mol. The summed E-state index contributed by atoms with van der Waals surface area (Å²) in [6.45, 7) is 0. The van der Waals surface area contributed by atoms with Crippen LogP contribution in [-0.4, -0.2) is 17.1 Å². The fourth-order valence-electron chi connectivity index (χ4n) is 3.44. The second-order valence-electron chi connectivity index (χ2n) is 7.45. The molecule has 1 N–H and O–H groups in total. The van der Waals surface area contributed by atoms with Crippen molar-refractivity contribution < 1.29 is 9.59 Å². The van der Waals surface area contributed by atoms with Crippen LogP contribution in [0.1, 0.15) is 5.56 Å². The van der Waals surface area contributed by atoms with Gasteiger partial charge in [0, 0.05) is 31.5 Å². The minimum Gasteiger partial charge on any atom is -0.321 e. The largest absolute Gasteiger partial charge is 0.321 e. The van der Waals surface area contributed by atoms with Crippen molar-refractivity contribution in [3.05, 3.63) is 103 Å². The van der Waals surface area contributed by atoms with E-state index in [4.69, 9.17) is 46.4 Å². The van der Waals surface area contributed by atoms with Crippen LogP contribution in [0.25, 0.3) is 0 Å². The zero-order valence-electron chi connectivity index (χ0n) is 17.8. The molecule has 4 rings (SSSR count). The van der Waals surface area contributed by atoms with Crippen LogP contribution in [0.3, 0.4) is 0 Å². The van der Waals surface area contributed by atoms with Gasteiger partial charge in [-0.2, -0.15) is 5.26 Å². The summed E-state index contributed by atoms with van der Waals surface area (Å²) in [5.74, 6) is -0.944. The predicted octanol–water partition coefficient (Wildman–Crippen LogP) is 7.37. The van der Waals surface area contributed by atoms with Gasteiger partial charge in [0.2, 0.25) is 5.91 Å². The summed E-state index contributed by atoms with van der Waals surface area (Å²) in [7, 11) is 0. The van der Waals surface area contributed by atoms with Crippen molar-refractivity contribution in [1.82, 2.24) is 0 Å². The molecule has 1 aliphatic rings. The zero-order valence-corrected chi connectivity index (χ0v) is 21.6. The van der Waals surface area contributed by atoms with E-state index in [9.17, 15) is 14.9 Å². The fraction of sp³-hybridized carbons (Fsp3) is 0.0800. The third-order valence-corrected chi connectivity index (χ3v) is 7.48. The van der Waals surface area contributed by atoms with Crippen LogP contribution in [0.15, 0.2) is 77.3 Å². The molecule has 1 atom stereocenters. The summed E-state index contributed by atoms with van der Waals surface area (Å²) < 4.78 is 0. The highest BCUT2D eigenvalue weighted by atomic mass is 35.5. The molecule has 35 heavy (non-hydrogen) atoms. The van der Waals surface area contributed by atoms with Crippen molar-refractivity contribution in [2.45, 2.75) is 11.7 Å². The molecule has 176 valence electrons. The van der Waals surface area contributed by atoms with E-state index in [0.717, 1.165) is 11.8 Å². The number of carbonyl (C=O) groups excluding carboxylic acids is 2. The molecule has 1 aliphatic heterocycles. The summed E-state index contributed by atoms with van der Waals surface area (Å²) in [4.78, 5) is 28.0. The van der Waals surface area contributed by atoms with E-state index in [-0.39, 0.29) is 22.9 Å². The number of rotatable bonds is 5. The topological polar surface area (TPSA) is 73.2 Å². The van der Waals surface area contributed by atoms with Gasteiger partial charge < -0.3 is 5.32 Å². The number of anilines is 2. The van der Waals surface area contributed by atoms with Gasteiger partial charge in [0.15, 0.2) is 0 Å². The first kappa shape index (κ1) is 25.4. The normalized spacial score (nSPS) is 16.7. The second-order valence-corrected chi connectivity index (χ2v) is 10.4. The number of nitrogens with zero attached hydrogens (tertiary/aromatic N) is 2. The minimum atomic E-state index is -0.648. The first-order valence-electron chi connectivity index (χ1n) is 10.2. The Bertz CT molecular complexity index is 1370. The van der Waals surface area contributed by atoms with E-state index in [1.165, 1.54) is 4.90 Å². The molecule has 3 aromatic carbocycles. The first-order chi connectivity index (χ1) is 16.8. The average Bonchev–Trinajstić information content (AvgIpc) is 3.14. The number of hydrogen-bond donors (Lipinski definition) is 1. The van der Waals surface area contributed by atoms with Crippen LogP contribution in [0.5, 0.6) is 0 Å². The Hall–Kier alpha value is -2.66. The SMILES string of the molecule is N#C/C(C(=O)Nc1ccc(Cl)cc1)=C1/SC(Cc2cc(Cl)ccc2Cl)C(=O)N1c1ccc(Cl)cc1. The van der Waals surface area contributed by atoms with Gasteiger partial charge in [0.05, 0.1) is 5.25 Å². The lowest BCUT2D eigenvalue weighted by molar-refractivity contribution is -0.117. The molecule has 1 unspecified atom stereocenters. The number of benzene rings is 3. The third-order valence-electron chi connectivity index (χ3n) is 5.11. The number of nitriles is 1. The molecule has 5 nitrogen and oxygen atoms in total. The number of amides is 2. The highest BCUT2D eigenvalue weighted by Crippen LogP contribution is 2.43. The zero-order chi connectivity index (χ0) is 25.1. The number of halogens is 4. The summed E-state index contributed by atoms with van der Waals surface area (Å²) >= 11 is 25.5. The molecule has 1 heterocycles. The molecule has 0 saturated carbocycles. The molecule has 10 heteroatoms. The van der Waals surface area contributed by atoms with Crippen molar-refractivity contribution in [3.8, 4) is 6.07 Å². The van der Waals surface area contributed by atoms with E-state index in [2.05, 4.69) is 5.32 Å². The van der Waals surface area contributed by atoms with E-state index in [1.54, 1.807) is 66.7 Å². The summed E-state index contributed by atoms with van der Waals surface area (Å²) in [5.41, 5.74) is 1.43. The van der Waals surface area contributed by atoms with Crippen molar-refractivity contribution >= 4 is 81.4 Å². The van der Waals surface area contributed by atoms with Gasteiger partial charge >= 0.3 is 0 Å². The molecular formula is C25H15Cl4N3O2S. The highest BCUT2D eigenvalue weighted by Gasteiger charge is 2.41. The fourth-order valence-corrected chi connectivity index (χ4v) is 5.38. The van der Waals surface area contributed by atoms with Crippen molar-refractivity contribution in [1.29, 1.82) is 5.26 Å². The van der Waals surface area contributed by atoms with Crippen molar-refractivity contribution in [2.24, 2.45) is 0 Å². The van der Waals surface area contributed by atoms with Crippen LogP contribution >= 0.6 is 58.2 Å². The van der Waals surface area contributed by atoms with Crippen molar-refractivity contribution in [3.63, 3.8) is 0 Å². The second kappa shape index (κ2) is 10.9. The predicted molar refractivity (Wildman–Crippen MR) is 143 cm³/mol. The molecule has 1 saturated heterocycles. The maximum atomic E-state index is 13.5. The number of carbonyl (C=O) groups is 2. The number of hydrogen-bond acceptors (Lipinski definition) is 4. The lowest BCUT2D eigenvalue weighted by atomic mass is 10.1. The van der Waals surface area contributed by atoms with E-state index in [0.29, 0.717) is 37.0 Å². The minimum absolute atomic E-state index is 0.201. The van der Waals surface area contributed by atoms with Gasteiger partial charge in [0.1, 0.15) is 16.7 Å². The smallest absolute Gasteiger partial charge is 0.269 e. The van der Waals surface area contributed by atoms with E-state index < -0.39 is 11.2 Å². The standard InChI is InChI=1S/C25H15Cl4N3O2S/c26-15-1-6-18(7-2-15)31-23(33)20(13-30)25-32(19-8-3-16(27)4-9-19)24(34)22(35-25)12-14-11-17(28)5-10-21(14)29/h1-11,22H,12H2,(H,31,33)/b25-20-. The molecule has 1 fully saturated rings. The third kappa shape index (κ3) is 5.78. The van der Waals surface area contributed by atoms with Crippen LogP contribution < -0.4 is 10.2 Å². The molecule has 0 aromatic heterocycles. The van der Waals surface area contributed by atoms with E-state index in [1.807, 2.05) is 6.07 Å². The molecule has 2 amide bonds. The van der Waals surface area contributed by atoms with Crippen LogP contribution in [0.2, 0.25) is 20.1 Å². The quantitative estimate of drug-likeness (QED) is 0.260. The van der Waals surface area contributed by atoms with Crippen LogP contribution in [-0.2, 0) is 16.0 Å². The highest BCUT2D eigenvalue weighted by molar-refractivity contribution is 8.05. The Kier molecular flexibility index (Phi) is 7.95. The Morgan fingerprint density at radius 2 is 1.54 bits per heavy atom. The lowest BCUT2D eigenvalue weighted by Crippen LogP contribution is -2.31.